The van der Waals surface area contributed by atoms with Crippen LogP contribution in [0.5, 0.6) is 5.75 Å². The first-order chi connectivity index (χ1) is 11.6. The molecule has 1 aliphatic heterocycles. The molecule has 0 aliphatic carbocycles. The first-order valence-corrected chi connectivity index (χ1v) is 8.56. The molecule has 1 unspecified atom stereocenters. The molecule has 1 saturated heterocycles. The zero-order valence-corrected chi connectivity index (χ0v) is 14.5. The molecule has 1 aromatic carbocycles. The highest BCUT2D eigenvalue weighted by Crippen LogP contribution is 2.15. The number of piperidine rings is 1. The molecule has 2 rings (SSSR count). The van der Waals surface area contributed by atoms with Crippen molar-refractivity contribution in [2.45, 2.75) is 26.2 Å². The van der Waals surface area contributed by atoms with Crippen molar-refractivity contribution in [3.05, 3.63) is 24.3 Å². The highest BCUT2D eigenvalue weighted by molar-refractivity contribution is 5.90. The molecule has 2 N–H and O–H groups in total. The number of rotatable bonds is 7. The Kier molecular flexibility index (Phi) is 7.06. The van der Waals surface area contributed by atoms with Gasteiger partial charge < -0.3 is 19.7 Å². The van der Waals surface area contributed by atoms with Crippen LogP contribution in [0.2, 0.25) is 0 Å². The van der Waals surface area contributed by atoms with Crippen molar-refractivity contribution in [2.24, 2.45) is 5.92 Å². The molecule has 24 heavy (non-hydrogen) atoms. The van der Waals surface area contributed by atoms with Crippen LogP contribution in [0.3, 0.4) is 0 Å². The molecule has 0 saturated carbocycles. The lowest BCUT2D eigenvalue weighted by Crippen LogP contribution is -3.13. The van der Waals surface area contributed by atoms with Gasteiger partial charge in [-0.15, -0.1) is 0 Å². The van der Waals surface area contributed by atoms with Gasteiger partial charge in [-0.2, -0.15) is 0 Å². The van der Waals surface area contributed by atoms with Crippen molar-refractivity contribution in [1.82, 2.24) is 0 Å². The number of ether oxygens (including phenoxy) is 2. The topological polar surface area (TPSA) is 69.1 Å². The fourth-order valence-electron chi connectivity index (χ4n) is 3.03. The van der Waals surface area contributed by atoms with E-state index in [-0.39, 0.29) is 17.8 Å². The van der Waals surface area contributed by atoms with Crippen LogP contribution in [0, 0.1) is 5.92 Å². The second-order valence-electron chi connectivity index (χ2n) is 6.07. The molecule has 6 nitrogen and oxygen atoms in total. The number of hydrogen-bond acceptors (Lipinski definition) is 4. The highest BCUT2D eigenvalue weighted by atomic mass is 16.5. The predicted molar refractivity (Wildman–Crippen MR) is 91.2 cm³/mol. The SMILES string of the molecule is CCOC(=O)[C@H]1CCC[NH+](CCC(=O)Nc2ccc(OC)cc2)C1. The summed E-state index contributed by atoms with van der Waals surface area (Å²) in [6.45, 7) is 4.75. The molecule has 0 spiro atoms. The lowest BCUT2D eigenvalue weighted by Gasteiger charge is -2.28. The second kappa shape index (κ2) is 9.27. The van der Waals surface area contributed by atoms with Crippen LogP contribution in [-0.4, -0.2) is 45.2 Å². The van der Waals surface area contributed by atoms with Crippen LogP contribution in [0.1, 0.15) is 26.2 Å². The zero-order chi connectivity index (χ0) is 17.4. The monoisotopic (exact) mass is 335 g/mol. The minimum atomic E-state index is -0.0996. The molecule has 1 heterocycles. The molecule has 6 heteroatoms. The van der Waals surface area contributed by atoms with E-state index in [4.69, 9.17) is 9.47 Å². The Bertz CT molecular complexity index is 544. The molecule has 1 aliphatic rings. The maximum Gasteiger partial charge on any atom is 0.314 e. The Morgan fingerprint density at radius 2 is 2.04 bits per heavy atom. The summed E-state index contributed by atoms with van der Waals surface area (Å²) in [4.78, 5) is 25.2. The number of esters is 1. The summed E-state index contributed by atoms with van der Waals surface area (Å²) in [7, 11) is 1.61. The van der Waals surface area contributed by atoms with Crippen LogP contribution >= 0.6 is 0 Å². The van der Waals surface area contributed by atoms with Gasteiger partial charge in [-0.05, 0) is 44.0 Å². The molecule has 1 fully saturated rings. The molecule has 0 radical (unpaired) electrons. The molecule has 1 amide bonds. The van der Waals surface area contributed by atoms with E-state index >= 15 is 0 Å². The summed E-state index contributed by atoms with van der Waals surface area (Å²) < 4.78 is 10.2. The van der Waals surface area contributed by atoms with E-state index < -0.39 is 0 Å². The molecular formula is C18H27N2O4+. The number of quaternary nitrogens is 1. The van der Waals surface area contributed by atoms with Gasteiger partial charge in [-0.25, -0.2) is 0 Å². The number of carbonyl (C=O) groups is 2. The van der Waals surface area contributed by atoms with Gasteiger partial charge in [-0.1, -0.05) is 0 Å². The average molecular weight is 335 g/mol. The van der Waals surface area contributed by atoms with Crippen LogP contribution in [0.15, 0.2) is 24.3 Å². The van der Waals surface area contributed by atoms with Crippen LogP contribution in [-0.2, 0) is 14.3 Å². The minimum Gasteiger partial charge on any atom is -0.497 e. The molecule has 132 valence electrons. The smallest absolute Gasteiger partial charge is 0.314 e. The van der Waals surface area contributed by atoms with Crippen LogP contribution in [0.25, 0.3) is 0 Å². The first kappa shape index (κ1) is 18.3. The maximum atomic E-state index is 12.1. The molecule has 0 bridgehead atoms. The third-order valence-electron chi connectivity index (χ3n) is 4.32. The molecule has 2 atom stereocenters. The number of benzene rings is 1. The number of hydrogen-bond donors (Lipinski definition) is 2. The van der Waals surface area contributed by atoms with E-state index in [9.17, 15) is 9.59 Å². The second-order valence-corrected chi connectivity index (χ2v) is 6.07. The number of likely N-dealkylation sites (tertiary alicyclic amines) is 1. The fourth-order valence-corrected chi connectivity index (χ4v) is 3.03. The normalized spacial score (nSPS) is 20.2. The Morgan fingerprint density at radius 1 is 1.29 bits per heavy atom. The third-order valence-corrected chi connectivity index (χ3v) is 4.32. The Hall–Kier alpha value is -2.08. The van der Waals surface area contributed by atoms with E-state index in [1.807, 2.05) is 31.2 Å². The average Bonchev–Trinajstić information content (AvgIpc) is 2.61. The Balaban J connectivity index is 1.75. The van der Waals surface area contributed by atoms with E-state index in [1.165, 1.54) is 4.90 Å². The van der Waals surface area contributed by atoms with Crippen LogP contribution < -0.4 is 15.0 Å². The Morgan fingerprint density at radius 3 is 2.71 bits per heavy atom. The largest absolute Gasteiger partial charge is 0.497 e. The lowest BCUT2D eigenvalue weighted by atomic mass is 9.98. The summed E-state index contributed by atoms with van der Waals surface area (Å²) in [6, 6.07) is 7.27. The summed E-state index contributed by atoms with van der Waals surface area (Å²) in [6.07, 6.45) is 2.33. The zero-order valence-electron chi connectivity index (χ0n) is 14.5. The van der Waals surface area contributed by atoms with Crippen molar-refractivity contribution in [1.29, 1.82) is 0 Å². The number of methoxy groups -OCH3 is 1. The van der Waals surface area contributed by atoms with Crippen molar-refractivity contribution >= 4 is 17.6 Å². The summed E-state index contributed by atoms with van der Waals surface area (Å²) >= 11 is 0. The van der Waals surface area contributed by atoms with Crippen molar-refractivity contribution in [3.8, 4) is 5.75 Å². The van der Waals surface area contributed by atoms with Gasteiger partial charge >= 0.3 is 5.97 Å². The quantitative estimate of drug-likeness (QED) is 0.726. The van der Waals surface area contributed by atoms with E-state index in [0.29, 0.717) is 13.0 Å². The van der Waals surface area contributed by atoms with E-state index in [0.717, 1.165) is 43.9 Å². The number of carbonyl (C=O) groups excluding carboxylic acids is 2. The number of amides is 1. The van der Waals surface area contributed by atoms with Gasteiger partial charge in [0, 0.05) is 5.69 Å². The molecule has 0 aromatic heterocycles. The lowest BCUT2D eigenvalue weighted by molar-refractivity contribution is -0.906. The number of nitrogens with one attached hydrogen (secondary N) is 2. The van der Waals surface area contributed by atoms with Crippen molar-refractivity contribution in [3.63, 3.8) is 0 Å². The van der Waals surface area contributed by atoms with Gasteiger partial charge in [0.1, 0.15) is 11.7 Å². The van der Waals surface area contributed by atoms with E-state index in [2.05, 4.69) is 5.32 Å². The first-order valence-electron chi connectivity index (χ1n) is 8.56. The molecular weight excluding hydrogens is 308 g/mol. The maximum absolute atomic E-state index is 12.1. The number of anilines is 1. The van der Waals surface area contributed by atoms with E-state index in [1.54, 1.807) is 7.11 Å². The van der Waals surface area contributed by atoms with Gasteiger partial charge in [0.25, 0.3) is 0 Å². The molecule has 1 aromatic rings. The predicted octanol–water partition coefficient (Wildman–Crippen LogP) is 0.882. The van der Waals surface area contributed by atoms with Gasteiger partial charge in [0.15, 0.2) is 0 Å². The Labute approximate surface area is 143 Å². The standard InChI is InChI=1S/C18H26N2O4/c1-3-24-18(22)14-5-4-11-20(13-14)12-10-17(21)19-15-6-8-16(23-2)9-7-15/h6-9,14H,3-5,10-13H2,1-2H3,(H,19,21)/p+1/t14-/m0/s1. The van der Waals surface area contributed by atoms with Crippen molar-refractivity contribution < 1.29 is 24.0 Å². The minimum absolute atomic E-state index is 0.00840. The summed E-state index contributed by atoms with van der Waals surface area (Å²) in [5, 5.41) is 2.89. The van der Waals surface area contributed by atoms with Gasteiger partial charge in [0.2, 0.25) is 5.91 Å². The van der Waals surface area contributed by atoms with Gasteiger partial charge in [-0.3, -0.25) is 9.59 Å². The summed E-state index contributed by atoms with van der Waals surface area (Å²) in [5.41, 5.74) is 0.763. The van der Waals surface area contributed by atoms with Gasteiger partial charge in [0.05, 0.1) is 39.8 Å². The summed E-state index contributed by atoms with van der Waals surface area (Å²) in [5.74, 6) is 0.623. The fraction of sp³-hybridized carbons (Fsp3) is 0.556. The van der Waals surface area contributed by atoms with Crippen molar-refractivity contribution in [2.75, 3.05) is 38.7 Å². The van der Waals surface area contributed by atoms with Crippen LogP contribution in [0.4, 0.5) is 5.69 Å². The third kappa shape index (κ3) is 5.53. The highest BCUT2D eigenvalue weighted by Gasteiger charge is 2.29.